The SMILES string of the molecule is COc1ccc(OC)c(CCn2c(C)c(C(N)=O)c(C)c2-c2ccccc2)c1. The zero-order chi connectivity index (χ0) is 20.3. The topological polar surface area (TPSA) is 66.5 Å². The summed E-state index contributed by atoms with van der Waals surface area (Å²) < 4.78 is 13.0. The lowest BCUT2D eigenvalue weighted by atomic mass is 10.0. The minimum Gasteiger partial charge on any atom is -0.497 e. The summed E-state index contributed by atoms with van der Waals surface area (Å²) in [5, 5.41) is 0. The van der Waals surface area contributed by atoms with Crippen molar-refractivity contribution in [1.29, 1.82) is 0 Å². The normalized spacial score (nSPS) is 10.7. The quantitative estimate of drug-likeness (QED) is 0.672. The molecule has 0 spiro atoms. The first-order chi connectivity index (χ1) is 13.5. The number of hydrogen-bond donors (Lipinski definition) is 1. The van der Waals surface area contributed by atoms with Crippen LogP contribution in [0.3, 0.4) is 0 Å². The van der Waals surface area contributed by atoms with E-state index in [2.05, 4.69) is 16.7 Å². The van der Waals surface area contributed by atoms with E-state index in [-0.39, 0.29) is 0 Å². The molecule has 28 heavy (non-hydrogen) atoms. The van der Waals surface area contributed by atoms with Crippen LogP contribution in [0.5, 0.6) is 11.5 Å². The molecule has 1 aromatic heterocycles. The molecule has 0 bridgehead atoms. The Morgan fingerprint density at radius 3 is 2.36 bits per heavy atom. The lowest BCUT2D eigenvalue weighted by molar-refractivity contribution is 0.0999. The van der Waals surface area contributed by atoms with Gasteiger partial charge in [0, 0.05) is 12.2 Å². The number of rotatable bonds is 7. The van der Waals surface area contributed by atoms with Crippen LogP contribution in [0.1, 0.15) is 27.2 Å². The fraction of sp³-hybridized carbons (Fsp3) is 0.261. The highest BCUT2D eigenvalue weighted by Crippen LogP contribution is 2.32. The maximum Gasteiger partial charge on any atom is 0.250 e. The molecule has 2 N–H and O–H groups in total. The van der Waals surface area contributed by atoms with Crippen molar-refractivity contribution in [3.8, 4) is 22.8 Å². The smallest absolute Gasteiger partial charge is 0.250 e. The molecule has 0 radical (unpaired) electrons. The fourth-order valence-corrected chi connectivity index (χ4v) is 3.82. The van der Waals surface area contributed by atoms with Gasteiger partial charge in [-0.05, 0) is 55.2 Å². The molecule has 146 valence electrons. The summed E-state index contributed by atoms with van der Waals surface area (Å²) in [5.41, 5.74) is 11.2. The standard InChI is InChI=1S/C23H26N2O3/c1-15-21(23(24)26)16(2)25(22(15)17-8-6-5-7-9-17)13-12-18-14-19(27-3)10-11-20(18)28-4/h5-11,14H,12-13H2,1-4H3,(H2,24,26). The third-order valence-electron chi connectivity index (χ3n) is 5.15. The molecule has 0 aliphatic rings. The van der Waals surface area contributed by atoms with E-state index in [1.54, 1.807) is 14.2 Å². The van der Waals surface area contributed by atoms with E-state index in [0.29, 0.717) is 12.1 Å². The Morgan fingerprint density at radius 2 is 1.75 bits per heavy atom. The Hall–Kier alpha value is -3.21. The van der Waals surface area contributed by atoms with Crippen molar-refractivity contribution >= 4 is 5.91 Å². The highest BCUT2D eigenvalue weighted by molar-refractivity contribution is 5.97. The Balaban J connectivity index is 2.05. The van der Waals surface area contributed by atoms with Crippen LogP contribution < -0.4 is 15.2 Å². The van der Waals surface area contributed by atoms with Crippen LogP contribution in [0.4, 0.5) is 0 Å². The number of nitrogens with zero attached hydrogens (tertiary/aromatic N) is 1. The first-order valence-corrected chi connectivity index (χ1v) is 9.23. The number of aromatic nitrogens is 1. The molecule has 2 aromatic carbocycles. The van der Waals surface area contributed by atoms with Crippen molar-refractivity contribution in [1.82, 2.24) is 4.57 Å². The van der Waals surface area contributed by atoms with Crippen molar-refractivity contribution in [2.24, 2.45) is 5.73 Å². The Morgan fingerprint density at radius 1 is 1.04 bits per heavy atom. The van der Waals surface area contributed by atoms with Gasteiger partial charge < -0.3 is 19.8 Å². The second kappa shape index (κ2) is 8.21. The first kappa shape index (κ1) is 19.5. The van der Waals surface area contributed by atoms with Gasteiger partial charge in [0.05, 0.1) is 25.5 Å². The Kier molecular flexibility index (Phi) is 5.73. The zero-order valence-electron chi connectivity index (χ0n) is 16.8. The number of benzene rings is 2. The minimum absolute atomic E-state index is 0.398. The van der Waals surface area contributed by atoms with Gasteiger partial charge in [0.25, 0.3) is 5.91 Å². The van der Waals surface area contributed by atoms with E-state index in [4.69, 9.17) is 15.2 Å². The summed E-state index contributed by atoms with van der Waals surface area (Å²) in [6.45, 7) is 4.59. The van der Waals surface area contributed by atoms with Crippen LogP contribution in [0.2, 0.25) is 0 Å². The summed E-state index contributed by atoms with van der Waals surface area (Å²) in [6, 6.07) is 15.9. The first-order valence-electron chi connectivity index (χ1n) is 9.23. The van der Waals surface area contributed by atoms with Gasteiger partial charge >= 0.3 is 0 Å². The average molecular weight is 378 g/mol. The van der Waals surface area contributed by atoms with E-state index in [9.17, 15) is 4.79 Å². The number of primary amides is 1. The molecule has 5 nitrogen and oxygen atoms in total. The van der Waals surface area contributed by atoms with Crippen molar-refractivity contribution < 1.29 is 14.3 Å². The molecule has 1 heterocycles. The number of carbonyl (C=O) groups is 1. The lowest BCUT2D eigenvalue weighted by Gasteiger charge is -2.15. The summed E-state index contributed by atoms with van der Waals surface area (Å²) >= 11 is 0. The molecular weight excluding hydrogens is 352 g/mol. The van der Waals surface area contributed by atoms with Crippen LogP contribution in [0.25, 0.3) is 11.3 Å². The number of amides is 1. The molecule has 0 saturated heterocycles. The van der Waals surface area contributed by atoms with Gasteiger partial charge in [0.15, 0.2) is 0 Å². The maximum absolute atomic E-state index is 12.1. The van der Waals surface area contributed by atoms with Gasteiger partial charge in [-0.1, -0.05) is 30.3 Å². The zero-order valence-corrected chi connectivity index (χ0v) is 16.8. The van der Waals surface area contributed by atoms with Crippen LogP contribution in [0.15, 0.2) is 48.5 Å². The van der Waals surface area contributed by atoms with E-state index < -0.39 is 5.91 Å². The minimum atomic E-state index is -0.398. The van der Waals surface area contributed by atoms with E-state index >= 15 is 0 Å². The van der Waals surface area contributed by atoms with E-state index in [1.807, 2.05) is 50.2 Å². The van der Waals surface area contributed by atoms with Gasteiger partial charge in [-0.25, -0.2) is 0 Å². The molecule has 3 rings (SSSR count). The van der Waals surface area contributed by atoms with Gasteiger partial charge in [0.1, 0.15) is 11.5 Å². The fourth-order valence-electron chi connectivity index (χ4n) is 3.82. The number of methoxy groups -OCH3 is 2. The molecular formula is C23H26N2O3. The second-order valence-corrected chi connectivity index (χ2v) is 6.74. The molecule has 0 saturated carbocycles. The highest BCUT2D eigenvalue weighted by Gasteiger charge is 2.22. The molecule has 0 aliphatic heterocycles. The van der Waals surface area contributed by atoms with Crippen LogP contribution in [0, 0.1) is 13.8 Å². The Bertz CT molecular complexity index is 991. The average Bonchev–Trinajstić information content (AvgIpc) is 2.96. The molecule has 0 fully saturated rings. The summed E-state index contributed by atoms with van der Waals surface area (Å²) in [4.78, 5) is 12.1. The van der Waals surface area contributed by atoms with Crippen LogP contribution >= 0.6 is 0 Å². The predicted molar refractivity (Wildman–Crippen MR) is 111 cm³/mol. The van der Waals surface area contributed by atoms with Crippen molar-refractivity contribution in [3.63, 3.8) is 0 Å². The van der Waals surface area contributed by atoms with Gasteiger partial charge in [-0.3, -0.25) is 4.79 Å². The largest absolute Gasteiger partial charge is 0.497 e. The van der Waals surface area contributed by atoms with Gasteiger partial charge in [0.2, 0.25) is 0 Å². The number of hydrogen-bond acceptors (Lipinski definition) is 3. The van der Waals surface area contributed by atoms with Crippen LogP contribution in [-0.4, -0.2) is 24.7 Å². The number of ether oxygens (including phenoxy) is 2. The molecule has 1 amide bonds. The highest BCUT2D eigenvalue weighted by atomic mass is 16.5. The molecule has 0 atom stereocenters. The molecule has 0 aliphatic carbocycles. The summed E-state index contributed by atoms with van der Waals surface area (Å²) in [5.74, 6) is 1.21. The summed E-state index contributed by atoms with van der Waals surface area (Å²) in [7, 11) is 3.31. The second-order valence-electron chi connectivity index (χ2n) is 6.74. The van der Waals surface area contributed by atoms with Crippen molar-refractivity contribution in [3.05, 3.63) is 70.9 Å². The third kappa shape index (κ3) is 3.60. The summed E-state index contributed by atoms with van der Waals surface area (Å²) in [6.07, 6.45) is 0.730. The number of carbonyl (C=O) groups excluding carboxylic acids is 1. The van der Waals surface area contributed by atoms with Crippen molar-refractivity contribution in [2.45, 2.75) is 26.8 Å². The molecule has 3 aromatic rings. The van der Waals surface area contributed by atoms with E-state index in [1.165, 1.54) is 0 Å². The third-order valence-corrected chi connectivity index (χ3v) is 5.15. The molecule has 0 unspecified atom stereocenters. The van der Waals surface area contributed by atoms with Crippen LogP contribution in [-0.2, 0) is 13.0 Å². The number of nitrogens with two attached hydrogens (primary N) is 1. The maximum atomic E-state index is 12.1. The van der Waals surface area contributed by atoms with Crippen molar-refractivity contribution in [2.75, 3.05) is 14.2 Å². The monoisotopic (exact) mass is 378 g/mol. The molecule has 5 heteroatoms. The van der Waals surface area contributed by atoms with Gasteiger partial charge in [-0.15, -0.1) is 0 Å². The van der Waals surface area contributed by atoms with E-state index in [0.717, 1.165) is 46.0 Å². The lowest BCUT2D eigenvalue weighted by Crippen LogP contribution is -2.14. The van der Waals surface area contributed by atoms with Gasteiger partial charge in [-0.2, -0.15) is 0 Å². The Labute approximate surface area is 165 Å². The predicted octanol–water partition coefficient (Wildman–Crippen LogP) is 4.13. The number of aryl methyl sites for hydroxylation is 1.